The lowest BCUT2D eigenvalue weighted by atomic mass is 10.1. The van der Waals surface area contributed by atoms with Crippen molar-refractivity contribution in [3.05, 3.63) is 16.0 Å². The first kappa shape index (κ1) is 15.5. The Morgan fingerprint density at radius 2 is 2.05 bits per heavy atom. The van der Waals surface area contributed by atoms with Gasteiger partial charge in [0, 0.05) is 30.8 Å². The first-order valence-corrected chi connectivity index (χ1v) is 7.78. The standard InChI is InChI=1S/C14H18N4O2S/c15-6-7-17-12(19)4-5-13(20)18-14-10(8-16)9-2-1-3-11(9)21-14/h1-7,15H2,(H,17,19)(H,18,20). The van der Waals surface area contributed by atoms with Crippen LogP contribution in [0.3, 0.4) is 0 Å². The second kappa shape index (κ2) is 7.20. The Morgan fingerprint density at radius 1 is 1.29 bits per heavy atom. The third-order valence-corrected chi connectivity index (χ3v) is 4.54. The molecule has 0 spiro atoms. The zero-order valence-electron chi connectivity index (χ0n) is 11.7. The number of amides is 2. The molecular formula is C14H18N4O2S. The van der Waals surface area contributed by atoms with Crippen LogP contribution in [0.5, 0.6) is 0 Å². The number of fused-ring (bicyclic) bond motifs is 1. The molecule has 6 nitrogen and oxygen atoms in total. The summed E-state index contributed by atoms with van der Waals surface area (Å²) in [5, 5.41) is 15.2. The van der Waals surface area contributed by atoms with Gasteiger partial charge in [-0.15, -0.1) is 11.3 Å². The van der Waals surface area contributed by atoms with E-state index in [0.29, 0.717) is 23.7 Å². The van der Waals surface area contributed by atoms with Crippen LogP contribution in [0.15, 0.2) is 0 Å². The number of nitrogens with one attached hydrogen (secondary N) is 2. The summed E-state index contributed by atoms with van der Waals surface area (Å²) in [4.78, 5) is 24.5. The van der Waals surface area contributed by atoms with Gasteiger partial charge in [-0.05, 0) is 24.8 Å². The molecule has 4 N–H and O–H groups in total. The van der Waals surface area contributed by atoms with Gasteiger partial charge >= 0.3 is 0 Å². The Hall–Kier alpha value is -1.91. The van der Waals surface area contributed by atoms with Crippen LogP contribution in [0.1, 0.15) is 35.3 Å². The summed E-state index contributed by atoms with van der Waals surface area (Å²) in [6.07, 6.45) is 3.19. The molecule has 21 heavy (non-hydrogen) atoms. The number of nitrogens with zero attached hydrogens (tertiary/aromatic N) is 1. The van der Waals surface area contributed by atoms with Crippen molar-refractivity contribution in [3.8, 4) is 6.07 Å². The number of thiophene rings is 1. The molecule has 0 bridgehead atoms. The number of carbonyl (C=O) groups excluding carboxylic acids is 2. The lowest BCUT2D eigenvalue weighted by Crippen LogP contribution is -2.29. The highest BCUT2D eigenvalue weighted by molar-refractivity contribution is 7.16. The molecule has 0 saturated carbocycles. The molecule has 1 aromatic rings. The molecule has 112 valence electrons. The molecule has 0 aromatic carbocycles. The molecule has 2 rings (SSSR count). The van der Waals surface area contributed by atoms with E-state index in [1.807, 2.05) is 0 Å². The van der Waals surface area contributed by atoms with E-state index in [4.69, 9.17) is 5.73 Å². The zero-order valence-corrected chi connectivity index (χ0v) is 12.5. The van der Waals surface area contributed by atoms with Crippen LogP contribution < -0.4 is 16.4 Å². The molecule has 0 unspecified atom stereocenters. The van der Waals surface area contributed by atoms with Gasteiger partial charge in [0.15, 0.2) is 0 Å². The summed E-state index contributed by atoms with van der Waals surface area (Å²) in [7, 11) is 0. The summed E-state index contributed by atoms with van der Waals surface area (Å²) in [6, 6.07) is 2.18. The molecule has 0 saturated heterocycles. The van der Waals surface area contributed by atoms with E-state index in [2.05, 4.69) is 16.7 Å². The predicted molar refractivity (Wildman–Crippen MR) is 81.0 cm³/mol. The van der Waals surface area contributed by atoms with Crippen molar-refractivity contribution in [1.82, 2.24) is 5.32 Å². The van der Waals surface area contributed by atoms with Gasteiger partial charge in [-0.2, -0.15) is 5.26 Å². The normalized spacial score (nSPS) is 12.6. The van der Waals surface area contributed by atoms with Crippen LogP contribution in [0.25, 0.3) is 0 Å². The van der Waals surface area contributed by atoms with Crippen molar-refractivity contribution in [3.63, 3.8) is 0 Å². The topological polar surface area (TPSA) is 108 Å². The lowest BCUT2D eigenvalue weighted by molar-refractivity contribution is -0.124. The number of hydrogen-bond acceptors (Lipinski definition) is 5. The van der Waals surface area contributed by atoms with Gasteiger partial charge in [-0.25, -0.2) is 0 Å². The quantitative estimate of drug-likeness (QED) is 0.725. The molecule has 1 aromatic heterocycles. The Morgan fingerprint density at radius 3 is 2.76 bits per heavy atom. The van der Waals surface area contributed by atoms with E-state index in [9.17, 15) is 14.9 Å². The van der Waals surface area contributed by atoms with Crippen molar-refractivity contribution >= 4 is 28.2 Å². The average Bonchev–Trinajstić information content (AvgIpc) is 3.03. The maximum absolute atomic E-state index is 11.9. The maximum atomic E-state index is 11.9. The molecular weight excluding hydrogens is 288 g/mol. The first-order chi connectivity index (χ1) is 10.2. The number of anilines is 1. The summed E-state index contributed by atoms with van der Waals surface area (Å²) in [6.45, 7) is 0.793. The van der Waals surface area contributed by atoms with Gasteiger partial charge in [0.2, 0.25) is 11.8 Å². The third-order valence-electron chi connectivity index (χ3n) is 3.33. The van der Waals surface area contributed by atoms with Crippen LogP contribution >= 0.6 is 11.3 Å². The zero-order chi connectivity index (χ0) is 15.2. The molecule has 1 aliphatic rings. The fourth-order valence-corrected chi connectivity index (χ4v) is 3.58. The summed E-state index contributed by atoms with van der Waals surface area (Å²) in [5.74, 6) is -0.431. The molecule has 7 heteroatoms. The fourth-order valence-electron chi connectivity index (χ4n) is 2.33. The Balaban J connectivity index is 1.89. The fraction of sp³-hybridized carbons (Fsp3) is 0.500. The molecule has 0 radical (unpaired) electrons. The number of aryl methyl sites for hydroxylation is 1. The number of nitriles is 1. The van der Waals surface area contributed by atoms with Crippen LogP contribution in [0.2, 0.25) is 0 Å². The van der Waals surface area contributed by atoms with E-state index in [1.165, 1.54) is 16.2 Å². The third kappa shape index (κ3) is 3.80. The highest BCUT2D eigenvalue weighted by atomic mass is 32.1. The van der Waals surface area contributed by atoms with Gasteiger partial charge in [-0.3, -0.25) is 9.59 Å². The molecule has 1 aliphatic carbocycles. The molecule has 2 amide bonds. The summed E-state index contributed by atoms with van der Waals surface area (Å²) in [5.41, 5.74) is 6.95. The van der Waals surface area contributed by atoms with Gasteiger partial charge in [-0.1, -0.05) is 0 Å². The first-order valence-electron chi connectivity index (χ1n) is 6.97. The van der Waals surface area contributed by atoms with Gasteiger partial charge in [0.25, 0.3) is 0 Å². The van der Waals surface area contributed by atoms with Crippen molar-refractivity contribution < 1.29 is 9.59 Å². The highest BCUT2D eigenvalue weighted by Gasteiger charge is 2.23. The second-order valence-corrected chi connectivity index (χ2v) is 5.97. The number of rotatable bonds is 6. The van der Waals surface area contributed by atoms with Gasteiger partial charge in [0.05, 0.1) is 5.56 Å². The molecule has 0 atom stereocenters. The largest absolute Gasteiger partial charge is 0.355 e. The number of carbonyl (C=O) groups is 2. The lowest BCUT2D eigenvalue weighted by Gasteiger charge is -2.05. The number of hydrogen-bond donors (Lipinski definition) is 3. The number of nitrogens with two attached hydrogens (primary N) is 1. The molecule has 1 heterocycles. The predicted octanol–water partition coefficient (Wildman–Crippen LogP) is 0.902. The van der Waals surface area contributed by atoms with E-state index >= 15 is 0 Å². The van der Waals surface area contributed by atoms with Crippen molar-refractivity contribution in [2.75, 3.05) is 18.4 Å². The van der Waals surface area contributed by atoms with Crippen LogP contribution in [0.4, 0.5) is 5.00 Å². The minimum atomic E-state index is -0.241. The molecule has 0 aliphatic heterocycles. The van der Waals surface area contributed by atoms with E-state index < -0.39 is 0 Å². The van der Waals surface area contributed by atoms with Crippen LogP contribution in [-0.4, -0.2) is 24.9 Å². The van der Waals surface area contributed by atoms with Crippen molar-refractivity contribution in [1.29, 1.82) is 5.26 Å². The van der Waals surface area contributed by atoms with Crippen LogP contribution in [0, 0.1) is 11.3 Å². The Bertz CT molecular complexity index is 589. The second-order valence-electron chi connectivity index (χ2n) is 4.86. The smallest absolute Gasteiger partial charge is 0.225 e. The SMILES string of the molecule is N#Cc1c(NC(=O)CCC(=O)NCCN)sc2c1CCC2. The van der Waals surface area contributed by atoms with E-state index in [0.717, 1.165) is 24.8 Å². The maximum Gasteiger partial charge on any atom is 0.225 e. The van der Waals surface area contributed by atoms with Crippen molar-refractivity contribution in [2.24, 2.45) is 5.73 Å². The minimum absolute atomic E-state index is 0.101. The Labute approximate surface area is 127 Å². The van der Waals surface area contributed by atoms with Crippen molar-refractivity contribution in [2.45, 2.75) is 32.1 Å². The highest BCUT2D eigenvalue weighted by Crippen LogP contribution is 2.38. The minimum Gasteiger partial charge on any atom is -0.355 e. The van der Waals surface area contributed by atoms with E-state index in [-0.39, 0.29) is 24.7 Å². The average molecular weight is 306 g/mol. The summed E-state index contributed by atoms with van der Waals surface area (Å²) >= 11 is 1.48. The van der Waals surface area contributed by atoms with Crippen LogP contribution in [-0.2, 0) is 22.4 Å². The molecule has 0 fully saturated rings. The monoisotopic (exact) mass is 306 g/mol. The van der Waals surface area contributed by atoms with Gasteiger partial charge in [0.1, 0.15) is 11.1 Å². The Kier molecular flexibility index (Phi) is 5.31. The summed E-state index contributed by atoms with van der Waals surface area (Å²) < 4.78 is 0. The van der Waals surface area contributed by atoms with E-state index in [1.54, 1.807) is 0 Å². The van der Waals surface area contributed by atoms with Gasteiger partial charge < -0.3 is 16.4 Å².